The maximum absolute atomic E-state index is 13.2. The first-order valence-corrected chi connectivity index (χ1v) is 16.8. The van der Waals surface area contributed by atoms with E-state index in [0.717, 1.165) is 31.0 Å². The highest BCUT2D eigenvalue weighted by molar-refractivity contribution is 8.14. The summed E-state index contributed by atoms with van der Waals surface area (Å²) in [6, 6.07) is 17.6. The molecule has 1 aliphatic carbocycles. The molecule has 0 saturated heterocycles. The van der Waals surface area contributed by atoms with E-state index in [4.69, 9.17) is 14.2 Å². The Morgan fingerprint density at radius 1 is 0.857 bits per heavy atom. The number of pyridine rings is 1. The fraction of sp³-hybridized carbons (Fsp3) is 0.306. The molecule has 1 saturated carbocycles. The number of unbranched alkanes of at least 4 members (excludes halogenated alkanes) is 2. The minimum Gasteiger partial charge on any atom is -0.493 e. The molecule has 0 aliphatic heterocycles. The second kappa shape index (κ2) is 16.3. The lowest BCUT2D eigenvalue weighted by molar-refractivity contribution is -0.131. The number of halogens is 1. The Morgan fingerprint density at radius 3 is 2.16 bits per heavy atom. The van der Waals surface area contributed by atoms with Gasteiger partial charge in [-0.3, -0.25) is 24.2 Å². The normalized spacial score (nSPS) is 12.9. The molecule has 3 amide bonds. The van der Waals surface area contributed by atoms with Crippen molar-refractivity contribution in [3.8, 4) is 23.0 Å². The van der Waals surface area contributed by atoms with Crippen molar-refractivity contribution >= 4 is 56.9 Å². The summed E-state index contributed by atoms with van der Waals surface area (Å²) in [5.41, 5.74) is 0.413. The second-order valence-corrected chi connectivity index (χ2v) is 12.6. The van der Waals surface area contributed by atoms with Crippen molar-refractivity contribution in [1.82, 2.24) is 10.3 Å². The Balaban J connectivity index is 1.13. The van der Waals surface area contributed by atoms with Crippen LogP contribution in [0.1, 0.15) is 39.0 Å². The van der Waals surface area contributed by atoms with Crippen LogP contribution in [0, 0.1) is 11.2 Å². The number of thioether (sulfide) groups is 1. The highest BCUT2D eigenvalue weighted by Crippen LogP contribution is 2.47. The minimum absolute atomic E-state index is 0.0804. The topological polar surface area (TPSA) is 145 Å². The van der Waals surface area contributed by atoms with Crippen LogP contribution in [-0.4, -0.2) is 53.8 Å². The van der Waals surface area contributed by atoms with Crippen LogP contribution in [0.2, 0.25) is 0 Å². The van der Waals surface area contributed by atoms with Crippen LogP contribution in [0.15, 0.2) is 72.9 Å². The number of benzene rings is 3. The first-order chi connectivity index (χ1) is 23.7. The van der Waals surface area contributed by atoms with E-state index in [1.165, 1.54) is 31.2 Å². The third kappa shape index (κ3) is 9.47. The molecule has 1 aliphatic rings. The van der Waals surface area contributed by atoms with Gasteiger partial charge in [-0.25, -0.2) is 4.39 Å². The maximum Gasteiger partial charge on any atom is 0.240 e. The standard InChI is InChI=1S/C36H37FN4O7S/c1-23(42)49-22-33(43)39-17-4-3-5-19-47-32-21-29-28(20-31(32)46-2)30(14-18-38-29)48-27-12-10-26(11-13-27)41-35(45)36(15-16-36)34(44)40-25-8-6-24(37)7-9-25/h6-14,18,20-21H,3-5,15-17,19,22H2,1-2H3,(H,39,43)(H,40,44)(H,41,45). The lowest BCUT2D eigenvalue weighted by Crippen LogP contribution is -2.35. The molecule has 0 bridgehead atoms. The van der Waals surface area contributed by atoms with Crippen LogP contribution in [0.4, 0.5) is 15.8 Å². The quantitative estimate of drug-likeness (QED) is 0.0890. The predicted octanol–water partition coefficient (Wildman–Crippen LogP) is 6.48. The molecule has 0 atom stereocenters. The molecule has 49 heavy (non-hydrogen) atoms. The van der Waals surface area contributed by atoms with Gasteiger partial charge in [0.1, 0.15) is 22.7 Å². The number of fused-ring (bicyclic) bond motifs is 1. The Bertz CT molecular complexity index is 1820. The van der Waals surface area contributed by atoms with Gasteiger partial charge in [-0.1, -0.05) is 11.8 Å². The molecule has 0 unspecified atom stereocenters. The number of rotatable bonds is 16. The van der Waals surface area contributed by atoms with Gasteiger partial charge in [-0.15, -0.1) is 0 Å². The van der Waals surface area contributed by atoms with Crippen molar-refractivity contribution in [2.45, 2.75) is 39.0 Å². The van der Waals surface area contributed by atoms with Crippen molar-refractivity contribution in [2.75, 3.05) is 36.6 Å². The van der Waals surface area contributed by atoms with Gasteiger partial charge >= 0.3 is 0 Å². The molecule has 13 heteroatoms. The van der Waals surface area contributed by atoms with Crippen LogP contribution < -0.4 is 30.2 Å². The number of carbonyl (C=O) groups excluding carboxylic acids is 4. The van der Waals surface area contributed by atoms with E-state index in [1.807, 2.05) is 6.07 Å². The molecule has 1 aromatic heterocycles. The predicted molar refractivity (Wildman–Crippen MR) is 186 cm³/mol. The van der Waals surface area contributed by atoms with Gasteiger partial charge in [0.05, 0.1) is 25.0 Å². The Morgan fingerprint density at radius 2 is 1.53 bits per heavy atom. The summed E-state index contributed by atoms with van der Waals surface area (Å²) < 4.78 is 31.0. The van der Waals surface area contributed by atoms with E-state index in [1.54, 1.807) is 49.7 Å². The summed E-state index contributed by atoms with van der Waals surface area (Å²) in [5.74, 6) is 0.886. The van der Waals surface area contributed by atoms with E-state index in [0.29, 0.717) is 71.3 Å². The molecule has 3 N–H and O–H groups in total. The summed E-state index contributed by atoms with van der Waals surface area (Å²) in [5, 5.41) is 8.96. The molecule has 1 fully saturated rings. The van der Waals surface area contributed by atoms with Crippen molar-refractivity contribution in [1.29, 1.82) is 0 Å². The number of hydrogen-bond acceptors (Lipinski definition) is 9. The molecule has 4 aromatic rings. The largest absolute Gasteiger partial charge is 0.493 e. The molecular weight excluding hydrogens is 651 g/mol. The summed E-state index contributed by atoms with van der Waals surface area (Å²) in [4.78, 5) is 53.1. The van der Waals surface area contributed by atoms with E-state index in [9.17, 15) is 23.6 Å². The smallest absolute Gasteiger partial charge is 0.240 e. The lowest BCUT2D eigenvalue weighted by atomic mass is 10.0. The number of nitrogens with one attached hydrogen (secondary N) is 3. The van der Waals surface area contributed by atoms with Crippen molar-refractivity contribution in [2.24, 2.45) is 5.41 Å². The van der Waals surface area contributed by atoms with Crippen molar-refractivity contribution in [3.05, 3.63) is 78.7 Å². The first-order valence-electron chi connectivity index (χ1n) is 15.8. The van der Waals surface area contributed by atoms with Crippen LogP contribution in [0.5, 0.6) is 23.0 Å². The molecule has 5 rings (SSSR count). The van der Waals surface area contributed by atoms with Crippen LogP contribution >= 0.6 is 11.8 Å². The van der Waals surface area contributed by atoms with Crippen LogP contribution in [0.25, 0.3) is 10.9 Å². The Kier molecular flexibility index (Phi) is 11.7. The zero-order chi connectivity index (χ0) is 34.8. The summed E-state index contributed by atoms with van der Waals surface area (Å²) in [6.45, 7) is 2.43. The van der Waals surface area contributed by atoms with Crippen LogP contribution in [0.3, 0.4) is 0 Å². The Hall–Kier alpha value is -5.17. The van der Waals surface area contributed by atoms with E-state index in [-0.39, 0.29) is 16.8 Å². The van der Waals surface area contributed by atoms with E-state index < -0.39 is 23.0 Å². The number of aromatic nitrogens is 1. The van der Waals surface area contributed by atoms with Gasteiger partial charge in [0, 0.05) is 42.5 Å². The van der Waals surface area contributed by atoms with Gasteiger partial charge in [0.15, 0.2) is 16.6 Å². The minimum atomic E-state index is -1.17. The fourth-order valence-electron chi connectivity index (χ4n) is 4.97. The molecule has 1 heterocycles. The monoisotopic (exact) mass is 688 g/mol. The SMILES string of the molecule is COc1cc2c(Oc3ccc(NC(=O)C4(C(=O)Nc5ccc(F)cc5)CC4)cc3)ccnc2cc1OCCCCCNC(=O)CSC(C)=O. The summed E-state index contributed by atoms with van der Waals surface area (Å²) >= 11 is 0.994. The van der Waals surface area contributed by atoms with Crippen LogP contribution in [-0.2, 0) is 19.2 Å². The number of carbonyl (C=O) groups is 4. The van der Waals surface area contributed by atoms with Crippen molar-refractivity contribution < 1.29 is 37.8 Å². The van der Waals surface area contributed by atoms with Gasteiger partial charge < -0.3 is 30.2 Å². The molecule has 11 nitrogen and oxygen atoms in total. The molecule has 0 spiro atoms. The number of hydrogen-bond donors (Lipinski definition) is 3. The fourth-order valence-corrected chi connectivity index (χ4v) is 5.41. The molecule has 0 radical (unpaired) electrons. The number of anilines is 2. The molecule has 3 aromatic carbocycles. The maximum atomic E-state index is 13.2. The number of ether oxygens (including phenoxy) is 3. The number of amides is 3. The van der Waals surface area contributed by atoms with Crippen molar-refractivity contribution in [3.63, 3.8) is 0 Å². The molecular formula is C36H37FN4O7S. The summed E-state index contributed by atoms with van der Waals surface area (Å²) in [7, 11) is 1.56. The Labute approximate surface area is 287 Å². The lowest BCUT2D eigenvalue weighted by Gasteiger charge is -2.16. The van der Waals surface area contributed by atoms with E-state index in [2.05, 4.69) is 20.9 Å². The zero-order valence-electron chi connectivity index (χ0n) is 27.2. The third-order valence-electron chi connectivity index (χ3n) is 7.86. The van der Waals surface area contributed by atoms with Gasteiger partial charge in [0.25, 0.3) is 0 Å². The average Bonchev–Trinajstić information content (AvgIpc) is 3.91. The van der Waals surface area contributed by atoms with Gasteiger partial charge in [0.2, 0.25) is 17.7 Å². The number of nitrogens with zero attached hydrogens (tertiary/aromatic N) is 1. The highest BCUT2D eigenvalue weighted by Gasteiger charge is 2.56. The first kappa shape index (κ1) is 35.1. The molecule has 256 valence electrons. The van der Waals surface area contributed by atoms with Gasteiger partial charge in [-0.05, 0) is 92.8 Å². The average molecular weight is 689 g/mol. The third-order valence-corrected chi connectivity index (χ3v) is 8.67. The number of methoxy groups -OCH3 is 1. The van der Waals surface area contributed by atoms with Gasteiger partial charge in [-0.2, -0.15) is 0 Å². The zero-order valence-corrected chi connectivity index (χ0v) is 28.0. The highest BCUT2D eigenvalue weighted by atomic mass is 32.2. The van der Waals surface area contributed by atoms with E-state index >= 15 is 0 Å². The summed E-state index contributed by atoms with van der Waals surface area (Å²) in [6.07, 6.45) is 4.89. The second-order valence-electron chi connectivity index (χ2n) is 11.5.